The van der Waals surface area contributed by atoms with Crippen molar-refractivity contribution in [1.82, 2.24) is 5.32 Å². The quantitative estimate of drug-likeness (QED) is 0.764. The molecule has 1 atom stereocenters. The Morgan fingerprint density at radius 3 is 2.87 bits per heavy atom. The maximum absolute atomic E-state index is 11.7. The second-order valence-corrected chi connectivity index (χ2v) is 5.99. The van der Waals surface area contributed by atoms with Gasteiger partial charge in [0.05, 0.1) is 6.04 Å². The molecule has 0 aromatic rings. The van der Waals surface area contributed by atoms with Crippen LogP contribution >= 0.6 is 23.5 Å². The van der Waals surface area contributed by atoms with Crippen LogP contribution in [-0.4, -0.2) is 41.5 Å². The zero-order chi connectivity index (χ0) is 11.1. The topological polar surface area (TPSA) is 55.1 Å². The van der Waals surface area contributed by atoms with Crippen molar-refractivity contribution in [1.29, 1.82) is 0 Å². The molecule has 1 aliphatic rings. The number of hydrogen-bond donors (Lipinski definition) is 2. The summed E-state index contributed by atoms with van der Waals surface area (Å²) < 4.78 is 0. The van der Waals surface area contributed by atoms with Gasteiger partial charge < -0.3 is 11.1 Å². The van der Waals surface area contributed by atoms with Gasteiger partial charge in [-0.2, -0.15) is 23.5 Å². The van der Waals surface area contributed by atoms with E-state index in [1.165, 1.54) is 0 Å². The van der Waals surface area contributed by atoms with E-state index in [0.717, 1.165) is 36.5 Å². The van der Waals surface area contributed by atoms with Crippen molar-refractivity contribution >= 4 is 29.4 Å². The van der Waals surface area contributed by atoms with Crippen molar-refractivity contribution in [3.05, 3.63) is 0 Å². The second-order valence-electron chi connectivity index (χ2n) is 3.78. The number of nitrogens with two attached hydrogens (primary N) is 1. The maximum atomic E-state index is 11.7. The molecule has 0 saturated carbocycles. The van der Waals surface area contributed by atoms with E-state index in [0.29, 0.717) is 6.04 Å². The van der Waals surface area contributed by atoms with E-state index in [4.69, 9.17) is 5.73 Å². The Kier molecular flexibility index (Phi) is 6.52. The highest BCUT2D eigenvalue weighted by molar-refractivity contribution is 7.99. The molecule has 3 N–H and O–H groups in total. The van der Waals surface area contributed by atoms with Crippen LogP contribution in [0.4, 0.5) is 0 Å². The van der Waals surface area contributed by atoms with E-state index in [1.54, 1.807) is 11.8 Å². The molecule has 1 aliphatic heterocycles. The fourth-order valence-corrected chi connectivity index (χ4v) is 3.12. The van der Waals surface area contributed by atoms with Gasteiger partial charge in [0.2, 0.25) is 5.91 Å². The van der Waals surface area contributed by atoms with E-state index >= 15 is 0 Å². The standard InChI is InChI=1S/C10H20N2OS2/c1-14-5-4-9(11)10(13)12-8-2-6-15-7-3-8/h8-9H,2-7,11H2,1H3,(H,12,13)/t9-/m1/s1. The predicted octanol–water partition coefficient (Wildman–Crippen LogP) is 1.08. The minimum Gasteiger partial charge on any atom is -0.352 e. The van der Waals surface area contributed by atoms with Crippen LogP contribution in [0.2, 0.25) is 0 Å². The highest BCUT2D eigenvalue weighted by atomic mass is 32.2. The SMILES string of the molecule is CSCC[C@@H](N)C(=O)NC1CCSCC1. The van der Waals surface area contributed by atoms with Gasteiger partial charge in [-0.05, 0) is 42.8 Å². The molecule has 0 radical (unpaired) electrons. The van der Waals surface area contributed by atoms with Crippen LogP contribution in [0.3, 0.4) is 0 Å². The van der Waals surface area contributed by atoms with Crippen molar-refractivity contribution in [3.8, 4) is 0 Å². The lowest BCUT2D eigenvalue weighted by atomic mass is 10.1. The Morgan fingerprint density at radius 1 is 1.60 bits per heavy atom. The lowest BCUT2D eigenvalue weighted by molar-refractivity contribution is -0.123. The first-order valence-corrected chi connectivity index (χ1v) is 7.91. The van der Waals surface area contributed by atoms with Crippen molar-refractivity contribution in [3.63, 3.8) is 0 Å². The molecule has 0 bridgehead atoms. The third-order valence-electron chi connectivity index (χ3n) is 2.54. The second kappa shape index (κ2) is 7.41. The van der Waals surface area contributed by atoms with Crippen LogP contribution in [0, 0.1) is 0 Å². The zero-order valence-corrected chi connectivity index (χ0v) is 10.8. The Bertz CT molecular complexity index is 196. The van der Waals surface area contributed by atoms with Crippen molar-refractivity contribution in [2.24, 2.45) is 5.73 Å². The van der Waals surface area contributed by atoms with Gasteiger partial charge in [-0.3, -0.25) is 4.79 Å². The Balaban J connectivity index is 2.20. The van der Waals surface area contributed by atoms with Crippen LogP contribution in [0.1, 0.15) is 19.3 Å². The van der Waals surface area contributed by atoms with Crippen LogP contribution in [0.5, 0.6) is 0 Å². The van der Waals surface area contributed by atoms with Crippen LogP contribution in [-0.2, 0) is 4.79 Å². The van der Waals surface area contributed by atoms with Gasteiger partial charge in [-0.1, -0.05) is 0 Å². The summed E-state index contributed by atoms with van der Waals surface area (Å²) in [7, 11) is 0. The average molecular weight is 248 g/mol. The molecular weight excluding hydrogens is 228 g/mol. The Hall–Kier alpha value is 0.130. The Morgan fingerprint density at radius 2 is 2.27 bits per heavy atom. The lowest BCUT2D eigenvalue weighted by Crippen LogP contribution is -2.46. The van der Waals surface area contributed by atoms with E-state index in [2.05, 4.69) is 5.32 Å². The normalized spacial score (nSPS) is 19.9. The molecule has 1 saturated heterocycles. The van der Waals surface area contributed by atoms with Gasteiger partial charge in [-0.25, -0.2) is 0 Å². The summed E-state index contributed by atoms with van der Waals surface area (Å²) >= 11 is 3.69. The summed E-state index contributed by atoms with van der Waals surface area (Å²) in [5.41, 5.74) is 5.79. The first-order chi connectivity index (χ1) is 7.24. The highest BCUT2D eigenvalue weighted by Crippen LogP contribution is 2.16. The zero-order valence-electron chi connectivity index (χ0n) is 9.20. The minimum absolute atomic E-state index is 0.0287. The lowest BCUT2D eigenvalue weighted by Gasteiger charge is -2.24. The molecule has 1 heterocycles. The van der Waals surface area contributed by atoms with Crippen molar-refractivity contribution < 1.29 is 4.79 Å². The van der Waals surface area contributed by atoms with E-state index in [1.807, 2.05) is 18.0 Å². The smallest absolute Gasteiger partial charge is 0.237 e. The van der Waals surface area contributed by atoms with Gasteiger partial charge in [0.1, 0.15) is 0 Å². The van der Waals surface area contributed by atoms with E-state index in [9.17, 15) is 4.79 Å². The molecule has 0 aromatic carbocycles. The van der Waals surface area contributed by atoms with Gasteiger partial charge >= 0.3 is 0 Å². The first kappa shape index (κ1) is 13.2. The summed E-state index contributed by atoms with van der Waals surface area (Å²) in [4.78, 5) is 11.7. The number of hydrogen-bond acceptors (Lipinski definition) is 4. The van der Waals surface area contributed by atoms with E-state index < -0.39 is 0 Å². The highest BCUT2D eigenvalue weighted by Gasteiger charge is 2.19. The number of carbonyl (C=O) groups is 1. The molecule has 0 aliphatic carbocycles. The molecule has 3 nitrogen and oxygen atoms in total. The largest absolute Gasteiger partial charge is 0.352 e. The summed E-state index contributed by atoms with van der Waals surface area (Å²) in [5, 5.41) is 3.04. The minimum atomic E-state index is -0.327. The molecule has 1 fully saturated rings. The van der Waals surface area contributed by atoms with Gasteiger partial charge in [0, 0.05) is 6.04 Å². The predicted molar refractivity (Wildman–Crippen MR) is 69.5 cm³/mol. The molecule has 88 valence electrons. The van der Waals surface area contributed by atoms with Gasteiger partial charge in [-0.15, -0.1) is 0 Å². The van der Waals surface area contributed by atoms with Crippen LogP contribution in [0.25, 0.3) is 0 Å². The fraction of sp³-hybridized carbons (Fsp3) is 0.900. The van der Waals surface area contributed by atoms with Crippen LogP contribution < -0.4 is 11.1 Å². The summed E-state index contributed by atoms with van der Waals surface area (Å²) in [6, 6.07) is 0.0334. The third-order valence-corrected chi connectivity index (χ3v) is 4.23. The fourth-order valence-electron chi connectivity index (χ4n) is 1.53. The third kappa shape index (κ3) is 5.13. The molecular formula is C10H20N2OS2. The molecule has 1 rings (SSSR count). The summed E-state index contributed by atoms with van der Waals surface area (Å²) in [6.07, 6.45) is 4.98. The molecule has 0 aromatic heterocycles. The van der Waals surface area contributed by atoms with Gasteiger partial charge in [0.15, 0.2) is 0 Å². The van der Waals surface area contributed by atoms with Crippen LogP contribution in [0.15, 0.2) is 0 Å². The molecule has 15 heavy (non-hydrogen) atoms. The number of rotatable bonds is 5. The summed E-state index contributed by atoms with van der Waals surface area (Å²) in [6.45, 7) is 0. The average Bonchev–Trinajstić information content (AvgIpc) is 2.27. The number of carbonyl (C=O) groups excluding carboxylic acids is 1. The van der Waals surface area contributed by atoms with Gasteiger partial charge in [0.25, 0.3) is 0 Å². The van der Waals surface area contributed by atoms with Crippen molar-refractivity contribution in [2.45, 2.75) is 31.3 Å². The Labute approximate surface area is 100 Å². The van der Waals surface area contributed by atoms with E-state index in [-0.39, 0.29) is 11.9 Å². The maximum Gasteiger partial charge on any atom is 0.237 e. The molecule has 5 heteroatoms. The first-order valence-electron chi connectivity index (χ1n) is 5.36. The monoisotopic (exact) mass is 248 g/mol. The molecule has 1 amide bonds. The summed E-state index contributed by atoms with van der Waals surface area (Å²) in [5.74, 6) is 3.30. The number of amides is 1. The number of nitrogens with one attached hydrogen (secondary N) is 1. The van der Waals surface area contributed by atoms with Crippen molar-refractivity contribution in [2.75, 3.05) is 23.5 Å². The number of thioether (sulfide) groups is 2. The molecule has 0 unspecified atom stereocenters. The molecule has 0 spiro atoms.